The fourth-order valence-corrected chi connectivity index (χ4v) is 5.26. The number of nitrogens with one attached hydrogen (secondary N) is 1. The number of carbonyl (C=O) groups excluding carboxylic acids is 2. The van der Waals surface area contributed by atoms with Crippen LogP contribution < -0.4 is 9.62 Å². The number of carbonyl (C=O) groups is 2. The Morgan fingerprint density at radius 1 is 0.818 bits per heavy atom. The van der Waals surface area contributed by atoms with E-state index in [2.05, 4.69) is 5.32 Å². The topological polar surface area (TPSA) is 86.8 Å². The van der Waals surface area contributed by atoms with Gasteiger partial charge in [0.05, 0.1) is 21.8 Å². The first-order chi connectivity index (χ1) is 16.0. The smallest absolute Gasteiger partial charge is 0.264 e. The Morgan fingerprint density at radius 2 is 1.39 bits per heavy atom. The molecule has 3 aromatic carbocycles. The van der Waals surface area contributed by atoms with E-state index in [9.17, 15) is 18.0 Å². The summed E-state index contributed by atoms with van der Waals surface area (Å²) in [5.41, 5.74) is 1.13. The molecule has 3 aromatic rings. The minimum absolute atomic E-state index is 0.0891. The summed E-state index contributed by atoms with van der Waals surface area (Å²) >= 11 is 0. The minimum atomic E-state index is -3.98. The quantitative estimate of drug-likeness (QED) is 0.578. The van der Waals surface area contributed by atoms with E-state index in [4.69, 9.17) is 0 Å². The fourth-order valence-electron chi connectivity index (χ4n) is 3.82. The van der Waals surface area contributed by atoms with E-state index in [1.807, 2.05) is 0 Å². The molecule has 1 saturated heterocycles. The standard InChI is InChI=1S/C25H25N3O4S/c29-24(26-23-16-8-7-15-22(23)25(30)27-17-9-10-18-27)19-28(20-11-3-1-4-12-20)33(31,32)21-13-5-2-6-14-21/h1-8,11-16H,9-10,17-19H2,(H,26,29). The van der Waals surface area contributed by atoms with Crippen LogP contribution in [0.15, 0.2) is 89.8 Å². The number of hydrogen-bond acceptors (Lipinski definition) is 4. The van der Waals surface area contributed by atoms with Crippen molar-refractivity contribution in [3.8, 4) is 0 Å². The Morgan fingerprint density at radius 3 is 2.06 bits per heavy atom. The van der Waals surface area contributed by atoms with Crippen LogP contribution in [0, 0.1) is 0 Å². The van der Waals surface area contributed by atoms with E-state index in [0.29, 0.717) is 30.0 Å². The highest BCUT2D eigenvalue weighted by atomic mass is 32.2. The SMILES string of the molecule is O=C(CN(c1ccccc1)S(=O)(=O)c1ccccc1)Nc1ccccc1C(=O)N1CCCC1. The van der Waals surface area contributed by atoms with Crippen LogP contribution in [0.5, 0.6) is 0 Å². The molecule has 7 nitrogen and oxygen atoms in total. The molecule has 0 saturated carbocycles. The molecule has 0 aromatic heterocycles. The largest absolute Gasteiger partial charge is 0.339 e. The van der Waals surface area contributed by atoms with E-state index in [1.165, 1.54) is 12.1 Å². The number of rotatable bonds is 7. The Bertz CT molecular complexity index is 1220. The third-order valence-electron chi connectivity index (χ3n) is 5.49. The summed E-state index contributed by atoms with van der Waals surface area (Å²) in [6, 6.07) is 23.3. The summed E-state index contributed by atoms with van der Waals surface area (Å²) in [5.74, 6) is -0.680. The highest BCUT2D eigenvalue weighted by Crippen LogP contribution is 2.24. The zero-order valence-electron chi connectivity index (χ0n) is 18.1. The highest BCUT2D eigenvalue weighted by molar-refractivity contribution is 7.92. The van der Waals surface area contributed by atoms with Crippen molar-refractivity contribution in [3.05, 3.63) is 90.5 Å². The monoisotopic (exact) mass is 463 g/mol. The molecule has 1 aliphatic heterocycles. The summed E-state index contributed by atoms with van der Waals surface area (Å²) in [5, 5.41) is 2.75. The highest BCUT2D eigenvalue weighted by Gasteiger charge is 2.28. The van der Waals surface area contributed by atoms with Gasteiger partial charge in [0.1, 0.15) is 6.54 Å². The van der Waals surface area contributed by atoms with Gasteiger partial charge in [-0.3, -0.25) is 13.9 Å². The van der Waals surface area contributed by atoms with Gasteiger partial charge in [-0.25, -0.2) is 8.42 Å². The molecular formula is C25H25N3O4S. The Labute approximate surface area is 193 Å². The molecule has 1 heterocycles. The molecule has 1 fully saturated rings. The molecular weight excluding hydrogens is 438 g/mol. The fraction of sp³-hybridized carbons (Fsp3) is 0.200. The van der Waals surface area contributed by atoms with Gasteiger partial charge in [-0.1, -0.05) is 48.5 Å². The second kappa shape index (κ2) is 9.87. The van der Waals surface area contributed by atoms with Crippen molar-refractivity contribution < 1.29 is 18.0 Å². The second-order valence-electron chi connectivity index (χ2n) is 7.75. The molecule has 8 heteroatoms. The van der Waals surface area contributed by atoms with Crippen LogP contribution in [0.25, 0.3) is 0 Å². The Kier molecular flexibility index (Phi) is 6.74. The molecule has 170 valence electrons. The van der Waals surface area contributed by atoms with E-state index in [-0.39, 0.29) is 10.8 Å². The van der Waals surface area contributed by atoms with Gasteiger partial charge in [0.2, 0.25) is 5.91 Å². The first kappa shape index (κ1) is 22.5. The average Bonchev–Trinajstić information content (AvgIpc) is 3.39. The first-order valence-electron chi connectivity index (χ1n) is 10.8. The normalized spacial score (nSPS) is 13.5. The maximum absolute atomic E-state index is 13.4. The number of para-hydroxylation sites is 2. The molecule has 0 bridgehead atoms. The van der Waals surface area contributed by atoms with Crippen LogP contribution in [-0.2, 0) is 14.8 Å². The van der Waals surface area contributed by atoms with Gasteiger partial charge in [-0.15, -0.1) is 0 Å². The van der Waals surface area contributed by atoms with E-state index in [1.54, 1.807) is 77.7 Å². The van der Waals surface area contributed by atoms with Crippen LogP contribution in [-0.4, -0.2) is 44.8 Å². The molecule has 1 N–H and O–H groups in total. The van der Waals surface area contributed by atoms with Crippen LogP contribution in [0.4, 0.5) is 11.4 Å². The van der Waals surface area contributed by atoms with Crippen molar-refractivity contribution in [2.45, 2.75) is 17.7 Å². The number of likely N-dealkylation sites (tertiary alicyclic amines) is 1. The van der Waals surface area contributed by atoms with Crippen LogP contribution in [0.2, 0.25) is 0 Å². The Balaban J connectivity index is 1.60. The molecule has 0 spiro atoms. The van der Waals surface area contributed by atoms with Gasteiger partial charge >= 0.3 is 0 Å². The van der Waals surface area contributed by atoms with Crippen LogP contribution in [0.3, 0.4) is 0 Å². The van der Waals surface area contributed by atoms with Crippen LogP contribution in [0.1, 0.15) is 23.2 Å². The maximum Gasteiger partial charge on any atom is 0.264 e. The average molecular weight is 464 g/mol. The van der Waals surface area contributed by atoms with Crippen molar-refractivity contribution in [1.29, 1.82) is 0 Å². The lowest BCUT2D eigenvalue weighted by atomic mass is 10.1. The molecule has 1 aliphatic rings. The summed E-state index contributed by atoms with van der Waals surface area (Å²) in [6.07, 6.45) is 1.92. The number of anilines is 2. The van der Waals surface area contributed by atoms with Gasteiger partial charge in [-0.2, -0.15) is 0 Å². The number of nitrogens with zero attached hydrogens (tertiary/aromatic N) is 2. The molecule has 33 heavy (non-hydrogen) atoms. The molecule has 0 radical (unpaired) electrons. The minimum Gasteiger partial charge on any atom is -0.339 e. The predicted octanol–water partition coefficient (Wildman–Crippen LogP) is 3.76. The number of sulfonamides is 1. The predicted molar refractivity (Wildman–Crippen MR) is 128 cm³/mol. The lowest BCUT2D eigenvalue weighted by Gasteiger charge is -2.24. The van der Waals surface area contributed by atoms with Crippen molar-refractivity contribution >= 4 is 33.2 Å². The van der Waals surface area contributed by atoms with Crippen molar-refractivity contribution in [2.75, 3.05) is 29.3 Å². The lowest BCUT2D eigenvalue weighted by molar-refractivity contribution is -0.114. The van der Waals surface area contributed by atoms with E-state index >= 15 is 0 Å². The molecule has 0 atom stereocenters. The summed E-state index contributed by atoms with van der Waals surface area (Å²) < 4.78 is 27.8. The number of hydrogen-bond donors (Lipinski definition) is 1. The number of benzene rings is 3. The Hall–Kier alpha value is -3.65. The zero-order valence-corrected chi connectivity index (χ0v) is 18.9. The maximum atomic E-state index is 13.4. The lowest BCUT2D eigenvalue weighted by Crippen LogP contribution is -2.38. The van der Waals surface area contributed by atoms with Gasteiger partial charge < -0.3 is 10.2 Å². The van der Waals surface area contributed by atoms with Crippen molar-refractivity contribution in [1.82, 2.24) is 4.90 Å². The van der Waals surface area contributed by atoms with Gasteiger partial charge in [0.25, 0.3) is 15.9 Å². The van der Waals surface area contributed by atoms with Crippen molar-refractivity contribution in [2.24, 2.45) is 0 Å². The summed E-state index contributed by atoms with van der Waals surface area (Å²) in [4.78, 5) is 27.8. The molecule has 0 unspecified atom stereocenters. The number of amides is 2. The van der Waals surface area contributed by atoms with E-state index < -0.39 is 22.5 Å². The molecule has 4 rings (SSSR count). The first-order valence-corrected chi connectivity index (χ1v) is 12.2. The summed E-state index contributed by atoms with van der Waals surface area (Å²) in [6.45, 7) is 0.948. The van der Waals surface area contributed by atoms with Gasteiger partial charge in [0, 0.05) is 13.1 Å². The zero-order chi connectivity index (χ0) is 23.3. The molecule has 2 amide bonds. The third-order valence-corrected chi connectivity index (χ3v) is 7.28. The van der Waals surface area contributed by atoms with Gasteiger partial charge in [-0.05, 0) is 49.2 Å². The summed E-state index contributed by atoms with van der Waals surface area (Å²) in [7, 11) is -3.98. The van der Waals surface area contributed by atoms with Crippen molar-refractivity contribution in [3.63, 3.8) is 0 Å². The van der Waals surface area contributed by atoms with Gasteiger partial charge in [0.15, 0.2) is 0 Å². The van der Waals surface area contributed by atoms with E-state index in [0.717, 1.165) is 17.1 Å². The van der Waals surface area contributed by atoms with Crippen LogP contribution >= 0.6 is 0 Å². The molecule has 0 aliphatic carbocycles. The third kappa shape index (κ3) is 5.06. The second-order valence-corrected chi connectivity index (χ2v) is 9.62.